The van der Waals surface area contributed by atoms with E-state index in [4.69, 9.17) is 4.98 Å². The Morgan fingerprint density at radius 2 is 1.64 bits per heavy atom. The first-order chi connectivity index (χ1) is 15.3. The molecule has 2 heterocycles. The number of aromatic nitrogens is 1. The van der Waals surface area contributed by atoms with Crippen molar-refractivity contribution < 1.29 is 14.4 Å². The van der Waals surface area contributed by atoms with Gasteiger partial charge in [-0.15, -0.1) is 12.4 Å². The number of thiazole rings is 1. The predicted octanol–water partition coefficient (Wildman–Crippen LogP) is 3.92. The van der Waals surface area contributed by atoms with Gasteiger partial charge in [0, 0.05) is 6.54 Å². The summed E-state index contributed by atoms with van der Waals surface area (Å²) in [6.07, 6.45) is 0.745. The van der Waals surface area contributed by atoms with Crippen LogP contribution in [0.25, 0.3) is 10.2 Å². The molecule has 1 aromatic heterocycles. The number of rotatable bonds is 7. The summed E-state index contributed by atoms with van der Waals surface area (Å²) in [5, 5.41) is 0.592. The minimum absolute atomic E-state index is 0. The molecule has 9 heteroatoms. The maximum absolute atomic E-state index is 13.4. The van der Waals surface area contributed by atoms with Crippen molar-refractivity contribution in [2.45, 2.75) is 20.3 Å². The van der Waals surface area contributed by atoms with Crippen LogP contribution in [0.2, 0.25) is 0 Å². The zero-order valence-corrected chi connectivity index (χ0v) is 20.8. The highest BCUT2D eigenvalue weighted by molar-refractivity contribution is 7.22. The fraction of sp³-hybridized carbons (Fsp3) is 0.333. The number of fused-ring (bicyclic) bond motifs is 2. The largest absolute Gasteiger partial charge is 0.309 e. The zero-order valence-electron chi connectivity index (χ0n) is 19.1. The molecule has 0 radical (unpaired) electrons. The molecule has 4 rings (SSSR count). The number of hydrogen-bond acceptors (Lipinski definition) is 6. The third-order valence-corrected chi connectivity index (χ3v) is 6.81. The summed E-state index contributed by atoms with van der Waals surface area (Å²) in [6.45, 7) is 5.02. The van der Waals surface area contributed by atoms with Crippen LogP contribution in [0.4, 0.5) is 5.13 Å². The van der Waals surface area contributed by atoms with Crippen molar-refractivity contribution >= 4 is 56.8 Å². The fourth-order valence-electron chi connectivity index (χ4n) is 3.81. The fourth-order valence-corrected chi connectivity index (χ4v) is 4.87. The molecule has 0 saturated heterocycles. The third-order valence-electron chi connectivity index (χ3n) is 5.76. The normalized spacial score (nSPS) is 12.9. The number of benzene rings is 2. The maximum Gasteiger partial charge on any atom is 0.262 e. The second kappa shape index (κ2) is 9.99. The lowest BCUT2D eigenvalue weighted by Crippen LogP contribution is -2.43. The molecule has 1 aliphatic rings. The molecule has 33 heavy (non-hydrogen) atoms. The molecule has 174 valence electrons. The van der Waals surface area contributed by atoms with Gasteiger partial charge in [-0.3, -0.25) is 24.2 Å². The van der Waals surface area contributed by atoms with Crippen LogP contribution in [0.3, 0.4) is 0 Å². The zero-order chi connectivity index (χ0) is 23.0. The summed E-state index contributed by atoms with van der Waals surface area (Å²) in [4.78, 5) is 48.3. The van der Waals surface area contributed by atoms with Crippen LogP contribution < -0.4 is 4.90 Å². The van der Waals surface area contributed by atoms with Crippen LogP contribution in [-0.4, -0.2) is 66.2 Å². The summed E-state index contributed by atoms with van der Waals surface area (Å²) in [7, 11) is 3.96. The lowest BCUT2D eigenvalue weighted by Gasteiger charge is -2.23. The highest BCUT2D eigenvalue weighted by Crippen LogP contribution is 2.32. The average molecular weight is 487 g/mol. The Bertz CT molecular complexity index is 1190. The van der Waals surface area contributed by atoms with Gasteiger partial charge in [0.25, 0.3) is 11.8 Å². The second-order valence-corrected chi connectivity index (χ2v) is 9.30. The molecule has 0 bridgehead atoms. The molecule has 0 unspecified atom stereocenters. The van der Waals surface area contributed by atoms with Gasteiger partial charge in [0.2, 0.25) is 5.91 Å². The minimum atomic E-state index is -0.428. The van der Waals surface area contributed by atoms with E-state index >= 15 is 0 Å². The van der Waals surface area contributed by atoms with Crippen LogP contribution in [0.1, 0.15) is 38.3 Å². The van der Waals surface area contributed by atoms with E-state index in [-0.39, 0.29) is 24.9 Å². The standard InChI is InChI=1S/C24H26N4O3S.ClH/c1-15-10-11-19-21(16(15)2)25-24(32-19)27(13-7-12-26(3)4)20(29)14-28-22(30)17-8-5-6-9-18(17)23(28)31;/h5-6,8-11H,7,12-14H2,1-4H3;1H. The summed E-state index contributed by atoms with van der Waals surface area (Å²) < 4.78 is 1.01. The molecule has 1 aliphatic heterocycles. The monoisotopic (exact) mass is 486 g/mol. The summed E-state index contributed by atoms with van der Waals surface area (Å²) in [5.74, 6) is -1.17. The van der Waals surface area contributed by atoms with Gasteiger partial charge < -0.3 is 4.90 Å². The number of hydrogen-bond donors (Lipinski definition) is 0. The molecule has 2 aromatic carbocycles. The Balaban J connectivity index is 0.00000306. The lowest BCUT2D eigenvalue weighted by molar-refractivity contribution is -0.119. The van der Waals surface area contributed by atoms with Crippen molar-refractivity contribution in [2.75, 3.05) is 38.6 Å². The Hall–Kier alpha value is -2.81. The quantitative estimate of drug-likeness (QED) is 0.473. The number of halogens is 1. The molecular weight excluding hydrogens is 460 g/mol. The first-order valence-corrected chi connectivity index (χ1v) is 11.4. The SMILES string of the molecule is Cc1ccc2sc(N(CCCN(C)C)C(=O)CN3C(=O)c4ccccc4C3=O)nc2c1C.Cl. The van der Waals surface area contributed by atoms with Crippen LogP contribution in [0.15, 0.2) is 36.4 Å². The number of nitrogens with zero attached hydrogens (tertiary/aromatic N) is 4. The highest BCUT2D eigenvalue weighted by atomic mass is 35.5. The Kier molecular flexibility index (Phi) is 7.51. The van der Waals surface area contributed by atoms with Gasteiger partial charge in [0.15, 0.2) is 5.13 Å². The van der Waals surface area contributed by atoms with E-state index in [0.717, 1.165) is 39.2 Å². The van der Waals surface area contributed by atoms with Gasteiger partial charge in [0.05, 0.1) is 21.3 Å². The Labute approximate surface area is 203 Å². The van der Waals surface area contributed by atoms with E-state index in [1.807, 2.05) is 34.0 Å². The summed E-state index contributed by atoms with van der Waals surface area (Å²) >= 11 is 1.45. The molecule has 0 atom stereocenters. The van der Waals surface area contributed by atoms with E-state index in [1.165, 1.54) is 11.3 Å². The first-order valence-electron chi connectivity index (χ1n) is 10.5. The van der Waals surface area contributed by atoms with Crippen molar-refractivity contribution in [1.29, 1.82) is 0 Å². The first kappa shape index (κ1) is 24.8. The van der Waals surface area contributed by atoms with Gasteiger partial charge >= 0.3 is 0 Å². The number of carbonyl (C=O) groups is 3. The molecular formula is C24H27ClN4O3S. The van der Waals surface area contributed by atoms with E-state index in [1.54, 1.807) is 29.2 Å². The van der Waals surface area contributed by atoms with Crippen LogP contribution in [0.5, 0.6) is 0 Å². The number of amides is 3. The Morgan fingerprint density at radius 1 is 1.00 bits per heavy atom. The van der Waals surface area contributed by atoms with Gasteiger partial charge in [-0.1, -0.05) is 29.5 Å². The van der Waals surface area contributed by atoms with Crippen molar-refractivity contribution in [2.24, 2.45) is 0 Å². The highest BCUT2D eigenvalue weighted by Gasteiger charge is 2.37. The van der Waals surface area contributed by atoms with E-state index in [0.29, 0.717) is 22.8 Å². The van der Waals surface area contributed by atoms with Crippen molar-refractivity contribution in [3.05, 3.63) is 58.7 Å². The number of anilines is 1. The van der Waals surface area contributed by atoms with E-state index in [9.17, 15) is 14.4 Å². The molecule has 0 saturated carbocycles. The molecule has 3 amide bonds. The molecule has 3 aromatic rings. The van der Waals surface area contributed by atoms with E-state index in [2.05, 4.69) is 11.0 Å². The molecule has 0 aliphatic carbocycles. The lowest BCUT2D eigenvalue weighted by atomic mass is 10.1. The van der Waals surface area contributed by atoms with Crippen LogP contribution >= 0.6 is 23.7 Å². The molecule has 7 nitrogen and oxygen atoms in total. The van der Waals surface area contributed by atoms with Crippen molar-refractivity contribution in [1.82, 2.24) is 14.8 Å². The number of carbonyl (C=O) groups excluding carboxylic acids is 3. The average Bonchev–Trinajstić information content (AvgIpc) is 3.30. The van der Waals surface area contributed by atoms with Gasteiger partial charge in [-0.05, 0) is 70.2 Å². The smallest absolute Gasteiger partial charge is 0.262 e. The molecule has 0 fully saturated rings. The Morgan fingerprint density at radius 3 is 2.24 bits per heavy atom. The van der Waals surface area contributed by atoms with Crippen molar-refractivity contribution in [3.63, 3.8) is 0 Å². The van der Waals surface area contributed by atoms with Gasteiger partial charge in [0.1, 0.15) is 6.54 Å². The minimum Gasteiger partial charge on any atom is -0.309 e. The topological polar surface area (TPSA) is 73.8 Å². The summed E-state index contributed by atoms with van der Waals surface area (Å²) in [6, 6.07) is 10.7. The predicted molar refractivity (Wildman–Crippen MR) is 134 cm³/mol. The number of imide groups is 1. The van der Waals surface area contributed by atoms with Gasteiger partial charge in [-0.2, -0.15) is 0 Å². The van der Waals surface area contributed by atoms with Crippen LogP contribution in [-0.2, 0) is 4.79 Å². The van der Waals surface area contributed by atoms with E-state index < -0.39 is 11.8 Å². The molecule has 0 N–H and O–H groups in total. The number of aryl methyl sites for hydroxylation is 2. The van der Waals surface area contributed by atoms with Crippen molar-refractivity contribution in [3.8, 4) is 0 Å². The van der Waals surface area contributed by atoms with Gasteiger partial charge in [-0.25, -0.2) is 4.98 Å². The van der Waals surface area contributed by atoms with Crippen LogP contribution in [0, 0.1) is 13.8 Å². The molecule has 0 spiro atoms. The summed E-state index contributed by atoms with van der Waals surface area (Å²) in [5.41, 5.74) is 3.80. The second-order valence-electron chi connectivity index (χ2n) is 8.29. The third kappa shape index (κ3) is 4.78. The maximum atomic E-state index is 13.4.